The van der Waals surface area contributed by atoms with Gasteiger partial charge in [0, 0.05) is 23.6 Å². The molecule has 0 aliphatic carbocycles. The van der Waals surface area contributed by atoms with Crippen LogP contribution in [-0.4, -0.2) is 39.5 Å². The van der Waals surface area contributed by atoms with Crippen molar-refractivity contribution in [3.63, 3.8) is 0 Å². The fraction of sp³-hybridized carbons (Fsp3) is 0.190. The lowest BCUT2D eigenvalue weighted by Gasteiger charge is -2.20. The van der Waals surface area contributed by atoms with Crippen LogP contribution in [0, 0.1) is 6.92 Å². The van der Waals surface area contributed by atoms with Crippen molar-refractivity contribution in [2.24, 2.45) is 0 Å². The van der Waals surface area contributed by atoms with Gasteiger partial charge in [0.05, 0.1) is 16.8 Å². The molecule has 1 N–H and O–H groups in total. The fourth-order valence-electron chi connectivity index (χ4n) is 3.09. The summed E-state index contributed by atoms with van der Waals surface area (Å²) in [6, 6.07) is 12.0. The number of aromatic nitrogens is 1. The average molecular weight is 418 g/mol. The second kappa shape index (κ2) is 7.79. The largest absolute Gasteiger partial charge is 0.480 e. The molecule has 3 aromatic rings. The highest BCUT2D eigenvalue weighted by atomic mass is 32.1. The van der Waals surface area contributed by atoms with E-state index < -0.39 is 17.7 Å². The minimum atomic E-state index is -4.54. The minimum absolute atomic E-state index is 0.0626. The first kappa shape index (κ1) is 20.7. The summed E-state index contributed by atoms with van der Waals surface area (Å²) in [4.78, 5) is 17.1. The van der Waals surface area contributed by atoms with Crippen molar-refractivity contribution in [2.45, 2.75) is 13.1 Å². The standard InChI is InChI=1S/C21H17F3N2O2S/c1-12-7-8-17-14(9-12)15(20(29)26(2)11-19(27)28)10-18(25-17)13-5-3-4-6-16(13)21(22,23)24/h3-10H,11H2,1-2H3,(H,27,28). The van der Waals surface area contributed by atoms with Crippen molar-refractivity contribution in [2.75, 3.05) is 13.6 Å². The Hall–Kier alpha value is -3.00. The first-order valence-corrected chi connectivity index (χ1v) is 9.04. The maximum Gasteiger partial charge on any atom is 0.417 e. The van der Waals surface area contributed by atoms with E-state index in [1.54, 1.807) is 6.07 Å². The molecule has 0 aliphatic rings. The monoisotopic (exact) mass is 418 g/mol. The summed E-state index contributed by atoms with van der Waals surface area (Å²) in [6.45, 7) is 1.54. The van der Waals surface area contributed by atoms with E-state index in [0.717, 1.165) is 11.6 Å². The number of pyridine rings is 1. The molecular formula is C21H17F3N2O2S. The van der Waals surface area contributed by atoms with Gasteiger partial charge in [-0.3, -0.25) is 4.79 Å². The summed E-state index contributed by atoms with van der Waals surface area (Å²) in [5.74, 6) is -1.06. The first-order valence-electron chi connectivity index (χ1n) is 8.63. The molecule has 8 heteroatoms. The number of rotatable bonds is 4. The van der Waals surface area contributed by atoms with Crippen molar-refractivity contribution < 1.29 is 23.1 Å². The lowest BCUT2D eigenvalue weighted by atomic mass is 9.99. The molecule has 2 aromatic carbocycles. The van der Waals surface area contributed by atoms with Crippen LogP contribution in [-0.2, 0) is 11.0 Å². The van der Waals surface area contributed by atoms with Gasteiger partial charge in [-0.05, 0) is 31.2 Å². The Morgan fingerprint density at radius 2 is 1.86 bits per heavy atom. The molecule has 0 spiro atoms. The van der Waals surface area contributed by atoms with E-state index in [0.29, 0.717) is 16.5 Å². The third kappa shape index (κ3) is 4.37. The number of aryl methyl sites for hydroxylation is 1. The zero-order valence-corrected chi connectivity index (χ0v) is 16.4. The highest BCUT2D eigenvalue weighted by Crippen LogP contribution is 2.37. The number of fused-ring (bicyclic) bond motifs is 1. The summed E-state index contributed by atoms with van der Waals surface area (Å²) >= 11 is 5.46. The molecule has 150 valence electrons. The third-order valence-corrected chi connectivity index (χ3v) is 4.95. The van der Waals surface area contributed by atoms with Gasteiger partial charge in [0.1, 0.15) is 11.5 Å². The summed E-state index contributed by atoms with van der Waals surface area (Å²) in [5, 5.41) is 9.71. The predicted molar refractivity (Wildman–Crippen MR) is 109 cm³/mol. The van der Waals surface area contributed by atoms with E-state index in [4.69, 9.17) is 17.3 Å². The second-order valence-corrected chi connectivity index (χ2v) is 7.06. The number of benzene rings is 2. The van der Waals surface area contributed by atoms with Crippen LogP contribution in [0.25, 0.3) is 22.2 Å². The van der Waals surface area contributed by atoms with Crippen LogP contribution in [0.15, 0.2) is 48.5 Å². The first-order chi connectivity index (χ1) is 13.6. The molecule has 0 saturated carbocycles. The molecule has 0 amide bonds. The van der Waals surface area contributed by atoms with Gasteiger partial charge in [-0.1, -0.05) is 42.0 Å². The quantitative estimate of drug-likeness (QED) is 0.610. The van der Waals surface area contributed by atoms with Gasteiger partial charge in [0.25, 0.3) is 0 Å². The molecule has 3 rings (SSSR count). The zero-order valence-electron chi connectivity index (χ0n) is 15.6. The highest BCUT2D eigenvalue weighted by Gasteiger charge is 2.34. The fourth-order valence-corrected chi connectivity index (χ4v) is 3.32. The van der Waals surface area contributed by atoms with Gasteiger partial charge < -0.3 is 10.0 Å². The number of thiocarbonyl (C=S) groups is 1. The van der Waals surface area contributed by atoms with Crippen LogP contribution in [0.5, 0.6) is 0 Å². The van der Waals surface area contributed by atoms with E-state index in [1.165, 1.54) is 36.2 Å². The number of alkyl halides is 3. The van der Waals surface area contributed by atoms with E-state index in [-0.39, 0.29) is 22.8 Å². The number of likely N-dealkylation sites (N-methyl/N-ethyl adjacent to an activating group) is 1. The van der Waals surface area contributed by atoms with Crippen LogP contribution in [0.2, 0.25) is 0 Å². The number of nitrogens with zero attached hydrogens (tertiary/aromatic N) is 2. The SMILES string of the molecule is Cc1ccc2nc(-c3ccccc3C(F)(F)F)cc(C(=S)N(C)CC(=O)O)c2c1. The number of halogens is 3. The summed E-state index contributed by atoms with van der Waals surface area (Å²) < 4.78 is 40.5. The summed E-state index contributed by atoms with van der Waals surface area (Å²) in [6.07, 6.45) is -4.54. The van der Waals surface area contributed by atoms with Gasteiger partial charge in [-0.2, -0.15) is 13.2 Å². The Labute approximate surface area is 170 Å². The van der Waals surface area contributed by atoms with Crippen LogP contribution in [0.1, 0.15) is 16.7 Å². The molecule has 0 unspecified atom stereocenters. The molecule has 1 aromatic heterocycles. The molecule has 1 heterocycles. The maximum absolute atomic E-state index is 13.5. The Morgan fingerprint density at radius 1 is 1.17 bits per heavy atom. The lowest BCUT2D eigenvalue weighted by molar-refractivity contribution is -0.138. The Kier molecular flexibility index (Phi) is 5.57. The topological polar surface area (TPSA) is 53.4 Å². The normalized spacial score (nSPS) is 11.5. The van der Waals surface area contributed by atoms with Crippen molar-refractivity contribution in [1.29, 1.82) is 0 Å². The predicted octanol–water partition coefficient (Wildman–Crippen LogP) is 4.92. The number of carboxylic acid groups (broad SMARTS) is 1. The van der Waals surface area contributed by atoms with E-state index in [9.17, 15) is 18.0 Å². The smallest absolute Gasteiger partial charge is 0.417 e. The Morgan fingerprint density at radius 3 is 2.52 bits per heavy atom. The number of hydrogen-bond acceptors (Lipinski definition) is 3. The second-order valence-electron chi connectivity index (χ2n) is 6.67. The minimum Gasteiger partial charge on any atom is -0.480 e. The summed E-state index contributed by atoms with van der Waals surface area (Å²) in [5.41, 5.74) is 1.13. The number of hydrogen-bond donors (Lipinski definition) is 1. The van der Waals surface area contributed by atoms with Gasteiger partial charge in [-0.25, -0.2) is 4.98 Å². The molecule has 0 radical (unpaired) electrons. The average Bonchev–Trinajstić information content (AvgIpc) is 2.65. The van der Waals surface area contributed by atoms with E-state index >= 15 is 0 Å². The van der Waals surface area contributed by atoms with E-state index in [2.05, 4.69) is 4.98 Å². The van der Waals surface area contributed by atoms with Gasteiger partial charge in [0.15, 0.2) is 0 Å². The molecule has 29 heavy (non-hydrogen) atoms. The van der Waals surface area contributed by atoms with Crippen LogP contribution in [0.4, 0.5) is 13.2 Å². The van der Waals surface area contributed by atoms with E-state index in [1.807, 2.05) is 19.1 Å². The molecule has 0 saturated heterocycles. The number of carbonyl (C=O) groups is 1. The van der Waals surface area contributed by atoms with Crippen molar-refractivity contribution in [1.82, 2.24) is 9.88 Å². The number of carboxylic acids is 1. The molecule has 0 aliphatic heterocycles. The molecule has 4 nitrogen and oxygen atoms in total. The van der Waals surface area contributed by atoms with Crippen LogP contribution in [0.3, 0.4) is 0 Å². The van der Waals surface area contributed by atoms with Crippen molar-refractivity contribution in [3.05, 3.63) is 65.2 Å². The molecule has 0 atom stereocenters. The van der Waals surface area contributed by atoms with Gasteiger partial charge in [-0.15, -0.1) is 0 Å². The molecular weight excluding hydrogens is 401 g/mol. The molecule has 0 fully saturated rings. The van der Waals surface area contributed by atoms with Gasteiger partial charge >= 0.3 is 12.1 Å². The third-order valence-electron chi connectivity index (χ3n) is 4.42. The molecule has 0 bridgehead atoms. The highest BCUT2D eigenvalue weighted by molar-refractivity contribution is 7.80. The zero-order chi connectivity index (χ0) is 21.3. The van der Waals surface area contributed by atoms with Crippen LogP contribution < -0.4 is 0 Å². The maximum atomic E-state index is 13.5. The van der Waals surface area contributed by atoms with Crippen LogP contribution >= 0.6 is 12.2 Å². The lowest BCUT2D eigenvalue weighted by Crippen LogP contribution is -2.31. The Balaban J connectivity index is 2.26. The number of aliphatic carboxylic acids is 1. The van der Waals surface area contributed by atoms with Crippen molar-refractivity contribution >= 4 is 34.1 Å². The van der Waals surface area contributed by atoms with Crippen molar-refractivity contribution in [3.8, 4) is 11.3 Å². The van der Waals surface area contributed by atoms with Gasteiger partial charge in [0.2, 0.25) is 0 Å². The summed E-state index contributed by atoms with van der Waals surface area (Å²) in [7, 11) is 1.53. The Bertz CT molecular complexity index is 1110.